The zero-order chi connectivity index (χ0) is 12.3. The summed E-state index contributed by atoms with van der Waals surface area (Å²) in [6, 6.07) is 0. The summed E-state index contributed by atoms with van der Waals surface area (Å²) in [5.41, 5.74) is 0. The van der Waals surface area contributed by atoms with Crippen LogP contribution in [0.1, 0.15) is 6.42 Å². The molecule has 1 rings (SSSR count). The number of likely N-dealkylation sites (tertiary alicyclic amines) is 1. The van der Waals surface area contributed by atoms with Crippen LogP contribution in [0.2, 0.25) is 0 Å². The van der Waals surface area contributed by atoms with Gasteiger partial charge in [0.05, 0.1) is 11.8 Å². The van der Waals surface area contributed by atoms with Crippen molar-refractivity contribution in [2.75, 3.05) is 19.6 Å². The first-order chi connectivity index (χ1) is 7.41. The first kappa shape index (κ1) is 13.2. The second kappa shape index (κ2) is 5.45. The number of halogens is 1. The molecular formula is C10H14BrNO4. The van der Waals surface area contributed by atoms with Crippen LogP contribution in [0.5, 0.6) is 0 Å². The van der Waals surface area contributed by atoms with E-state index in [1.54, 1.807) is 0 Å². The molecule has 2 N–H and O–H groups in total. The fourth-order valence-corrected chi connectivity index (χ4v) is 2.31. The number of hydrogen-bond donors (Lipinski definition) is 2. The lowest BCUT2D eigenvalue weighted by atomic mass is 9.85. The van der Waals surface area contributed by atoms with Gasteiger partial charge in [0.1, 0.15) is 0 Å². The van der Waals surface area contributed by atoms with Crippen molar-refractivity contribution >= 4 is 27.9 Å². The molecule has 1 aliphatic heterocycles. The summed E-state index contributed by atoms with van der Waals surface area (Å²) in [5.74, 6) is -3.68. The Hall–Kier alpha value is -0.880. The topological polar surface area (TPSA) is 77.8 Å². The van der Waals surface area contributed by atoms with Crippen LogP contribution in [0.15, 0.2) is 11.1 Å². The van der Waals surface area contributed by atoms with Gasteiger partial charge in [-0.05, 0) is 13.0 Å². The van der Waals surface area contributed by atoms with Gasteiger partial charge in [0, 0.05) is 17.6 Å². The predicted octanol–water partition coefficient (Wildman–Crippen LogP) is 1.00. The second-order valence-electron chi connectivity index (χ2n) is 3.93. The summed E-state index contributed by atoms with van der Waals surface area (Å²) < 4.78 is 0.769. The van der Waals surface area contributed by atoms with E-state index in [9.17, 15) is 9.59 Å². The monoisotopic (exact) mass is 291 g/mol. The van der Waals surface area contributed by atoms with Gasteiger partial charge in [-0.2, -0.15) is 0 Å². The van der Waals surface area contributed by atoms with Crippen LogP contribution in [0, 0.1) is 11.8 Å². The molecule has 1 heterocycles. The van der Waals surface area contributed by atoms with Crippen LogP contribution < -0.4 is 0 Å². The van der Waals surface area contributed by atoms with Gasteiger partial charge < -0.3 is 10.2 Å². The molecule has 0 bridgehead atoms. The third-order valence-electron chi connectivity index (χ3n) is 2.73. The number of nitrogens with zero attached hydrogens (tertiary/aromatic N) is 1. The number of aliphatic carboxylic acids is 2. The van der Waals surface area contributed by atoms with Crippen molar-refractivity contribution < 1.29 is 19.8 Å². The molecule has 0 aliphatic carbocycles. The Morgan fingerprint density at radius 2 is 1.88 bits per heavy atom. The highest BCUT2D eigenvalue weighted by Crippen LogP contribution is 2.25. The van der Waals surface area contributed by atoms with Crippen LogP contribution in [0.25, 0.3) is 0 Å². The Kier molecular flexibility index (Phi) is 4.49. The molecule has 16 heavy (non-hydrogen) atoms. The Labute approximate surface area is 102 Å². The highest BCUT2D eigenvalue weighted by molar-refractivity contribution is 9.11. The largest absolute Gasteiger partial charge is 0.481 e. The van der Waals surface area contributed by atoms with E-state index in [0.29, 0.717) is 19.5 Å². The fourth-order valence-electron chi connectivity index (χ4n) is 1.95. The Balaban J connectivity index is 2.68. The summed E-state index contributed by atoms with van der Waals surface area (Å²) in [6.07, 6.45) is 0.368. The van der Waals surface area contributed by atoms with Crippen LogP contribution in [-0.4, -0.2) is 46.7 Å². The molecule has 1 fully saturated rings. The van der Waals surface area contributed by atoms with Gasteiger partial charge in [-0.1, -0.05) is 22.5 Å². The van der Waals surface area contributed by atoms with Crippen LogP contribution >= 0.6 is 15.9 Å². The van der Waals surface area contributed by atoms with Crippen molar-refractivity contribution in [2.24, 2.45) is 11.8 Å². The summed E-state index contributed by atoms with van der Waals surface area (Å²) in [4.78, 5) is 23.8. The molecule has 0 saturated carbocycles. The van der Waals surface area contributed by atoms with E-state index in [4.69, 9.17) is 10.2 Å². The molecule has 0 aromatic heterocycles. The lowest BCUT2D eigenvalue weighted by Crippen LogP contribution is -2.46. The molecule has 5 nitrogen and oxygen atoms in total. The lowest BCUT2D eigenvalue weighted by Gasteiger charge is -2.34. The van der Waals surface area contributed by atoms with Crippen molar-refractivity contribution in [3.05, 3.63) is 11.1 Å². The van der Waals surface area contributed by atoms with Gasteiger partial charge in [-0.3, -0.25) is 14.5 Å². The van der Waals surface area contributed by atoms with E-state index < -0.39 is 23.8 Å². The number of carboxylic acid groups (broad SMARTS) is 2. The Morgan fingerprint density at radius 1 is 1.31 bits per heavy atom. The molecule has 0 radical (unpaired) electrons. The van der Waals surface area contributed by atoms with E-state index in [2.05, 4.69) is 22.5 Å². The van der Waals surface area contributed by atoms with Crippen molar-refractivity contribution in [1.82, 2.24) is 4.90 Å². The first-order valence-electron chi connectivity index (χ1n) is 4.93. The zero-order valence-electron chi connectivity index (χ0n) is 8.73. The summed E-state index contributed by atoms with van der Waals surface area (Å²) in [7, 11) is 0. The molecule has 1 aliphatic rings. The molecular weight excluding hydrogens is 278 g/mol. The van der Waals surface area contributed by atoms with Gasteiger partial charge in [0.2, 0.25) is 0 Å². The quantitative estimate of drug-likeness (QED) is 0.808. The minimum atomic E-state index is -1.04. The smallest absolute Gasteiger partial charge is 0.308 e. The van der Waals surface area contributed by atoms with E-state index in [-0.39, 0.29) is 6.54 Å². The van der Waals surface area contributed by atoms with Crippen LogP contribution in [-0.2, 0) is 9.59 Å². The normalized spacial score (nSPS) is 26.3. The molecule has 0 aromatic carbocycles. The fraction of sp³-hybridized carbons (Fsp3) is 0.600. The molecule has 0 amide bonds. The zero-order valence-corrected chi connectivity index (χ0v) is 10.3. The van der Waals surface area contributed by atoms with Crippen molar-refractivity contribution in [1.29, 1.82) is 0 Å². The van der Waals surface area contributed by atoms with E-state index in [1.165, 1.54) is 0 Å². The minimum absolute atomic E-state index is 0.261. The average molecular weight is 292 g/mol. The van der Waals surface area contributed by atoms with Crippen molar-refractivity contribution in [3.63, 3.8) is 0 Å². The molecule has 1 saturated heterocycles. The molecule has 0 spiro atoms. The Morgan fingerprint density at radius 3 is 2.31 bits per heavy atom. The maximum Gasteiger partial charge on any atom is 0.308 e. The number of rotatable bonds is 4. The van der Waals surface area contributed by atoms with Gasteiger partial charge in [-0.15, -0.1) is 0 Å². The van der Waals surface area contributed by atoms with Crippen LogP contribution in [0.3, 0.4) is 0 Å². The summed E-state index contributed by atoms with van der Waals surface area (Å²) in [5, 5.41) is 17.9. The first-order valence-corrected chi connectivity index (χ1v) is 5.72. The number of carboxylic acids is 2. The minimum Gasteiger partial charge on any atom is -0.481 e. The predicted molar refractivity (Wildman–Crippen MR) is 61.4 cm³/mol. The molecule has 2 atom stereocenters. The summed E-state index contributed by atoms with van der Waals surface area (Å²) in [6.45, 7) is 5.09. The summed E-state index contributed by atoms with van der Waals surface area (Å²) >= 11 is 3.21. The number of hydrogen-bond acceptors (Lipinski definition) is 3. The molecule has 2 unspecified atom stereocenters. The standard InChI is InChI=1S/C10H14BrNO4/c1-6(11)4-12-3-2-7(9(13)14)8(5-12)10(15)16/h7-8H,1-5H2,(H,13,14)(H,15,16). The maximum absolute atomic E-state index is 11.0. The van der Waals surface area contributed by atoms with E-state index >= 15 is 0 Å². The third kappa shape index (κ3) is 3.31. The third-order valence-corrected chi connectivity index (χ3v) is 2.98. The average Bonchev–Trinajstić information content (AvgIpc) is 2.16. The maximum atomic E-state index is 11.0. The van der Waals surface area contributed by atoms with E-state index in [1.807, 2.05) is 4.90 Å². The van der Waals surface area contributed by atoms with Gasteiger partial charge in [0.25, 0.3) is 0 Å². The van der Waals surface area contributed by atoms with Gasteiger partial charge in [0.15, 0.2) is 0 Å². The Bertz CT molecular complexity index is 318. The van der Waals surface area contributed by atoms with Crippen molar-refractivity contribution in [2.45, 2.75) is 6.42 Å². The van der Waals surface area contributed by atoms with Gasteiger partial charge >= 0.3 is 11.9 Å². The van der Waals surface area contributed by atoms with Crippen LogP contribution in [0.4, 0.5) is 0 Å². The highest BCUT2D eigenvalue weighted by atomic mass is 79.9. The molecule has 90 valence electrons. The highest BCUT2D eigenvalue weighted by Gasteiger charge is 2.38. The van der Waals surface area contributed by atoms with Crippen molar-refractivity contribution in [3.8, 4) is 0 Å². The molecule has 6 heteroatoms. The number of piperidine rings is 1. The lowest BCUT2D eigenvalue weighted by molar-refractivity contribution is -0.157. The number of carbonyl (C=O) groups is 2. The SMILES string of the molecule is C=C(Br)CN1CCC(C(=O)O)C(C(=O)O)C1. The van der Waals surface area contributed by atoms with Gasteiger partial charge in [-0.25, -0.2) is 0 Å². The second-order valence-corrected chi connectivity index (χ2v) is 5.05. The molecule has 0 aromatic rings. The van der Waals surface area contributed by atoms with E-state index in [0.717, 1.165) is 4.48 Å².